The monoisotopic (exact) mass is 596 g/mol. The highest BCUT2D eigenvalue weighted by Gasteiger charge is 2.57. The van der Waals surface area contributed by atoms with E-state index in [0.717, 1.165) is 37.5 Å². The maximum absolute atomic E-state index is 14.3. The van der Waals surface area contributed by atoms with Gasteiger partial charge >= 0.3 is 6.18 Å². The van der Waals surface area contributed by atoms with E-state index in [4.69, 9.17) is 9.84 Å². The number of benzene rings is 1. The summed E-state index contributed by atoms with van der Waals surface area (Å²) in [4.78, 5) is 44.6. The van der Waals surface area contributed by atoms with Gasteiger partial charge in [-0.1, -0.05) is 6.07 Å². The standard InChI is InChI=1S/C30H31F3N6O4/c1-37-27-23(22(15-5-6-15)24(28(37)41)35-26(40)16-3-2-4-18(11-16)30(31,32)33)25(36-39(27)19-7-9-43-10-8-19)29(42)38-20(14-34)12-17-13-21(17)38/h2-4,11,15,17,19-22,24H,5-10,12-13H2,1H3,(H,35,40). The normalized spacial score (nSPS) is 28.7. The van der Waals surface area contributed by atoms with Crippen molar-refractivity contribution in [1.29, 1.82) is 5.26 Å². The Labute approximate surface area is 245 Å². The maximum atomic E-state index is 14.3. The zero-order chi connectivity index (χ0) is 30.2. The summed E-state index contributed by atoms with van der Waals surface area (Å²) in [5.74, 6) is -1.40. The number of nitrogens with one attached hydrogen (secondary N) is 1. The van der Waals surface area contributed by atoms with Crippen LogP contribution in [0.2, 0.25) is 0 Å². The zero-order valence-corrected chi connectivity index (χ0v) is 23.5. The number of anilines is 1. The number of hydrogen-bond acceptors (Lipinski definition) is 6. The molecule has 4 heterocycles. The van der Waals surface area contributed by atoms with Gasteiger partial charge in [0.05, 0.1) is 17.7 Å². The molecule has 0 radical (unpaired) electrons. The predicted octanol–water partition coefficient (Wildman–Crippen LogP) is 3.65. The Kier molecular flexibility index (Phi) is 6.54. The fraction of sp³-hybridized carbons (Fsp3) is 0.567. The second-order valence-electron chi connectivity index (χ2n) is 12.3. The summed E-state index contributed by atoms with van der Waals surface area (Å²) in [7, 11) is 1.57. The highest BCUT2D eigenvalue weighted by atomic mass is 19.4. The molecule has 2 aromatic rings. The number of alkyl halides is 3. The molecule has 0 bridgehead atoms. The van der Waals surface area contributed by atoms with Crippen LogP contribution in [0.15, 0.2) is 24.3 Å². The molecule has 5 unspecified atom stereocenters. The van der Waals surface area contributed by atoms with Crippen LogP contribution >= 0.6 is 0 Å². The molecule has 5 atom stereocenters. The van der Waals surface area contributed by atoms with Crippen LogP contribution in [-0.2, 0) is 15.7 Å². The maximum Gasteiger partial charge on any atom is 0.416 e. The number of halogens is 3. The average Bonchev–Trinajstić information content (AvgIpc) is 3.92. The molecule has 226 valence electrons. The molecular weight excluding hydrogens is 565 g/mol. The van der Waals surface area contributed by atoms with E-state index < -0.39 is 41.6 Å². The van der Waals surface area contributed by atoms with E-state index in [1.165, 1.54) is 11.0 Å². The minimum absolute atomic E-state index is 0.0141. The van der Waals surface area contributed by atoms with E-state index in [1.807, 2.05) is 0 Å². The highest BCUT2D eigenvalue weighted by molar-refractivity contribution is 6.07. The van der Waals surface area contributed by atoms with Gasteiger partial charge in [0.1, 0.15) is 17.9 Å². The molecule has 5 aliphatic rings. The fourth-order valence-corrected chi connectivity index (χ4v) is 7.22. The molecule has 1 N–H and O–H groups in total. The van der Waals surface area contributed by atoms with Crippen LogP contribution in [-0.4, -0.2) is 70.8 Å². The van der Waals surface area contributed by atoms with E-state index in [0.29, 0.717) is 49.8 Å². The van der Waals surface area contributed by atoms with Gasteiger partial charge in [-0.25, -0.2) is 4.68 Å². The van der Waals surface area contributed by atoms with Crippen LogP contribution in [0, 0.1) is 23.2 Å². The van der Waals surface area contributed by atoms with Gasteiger partial charge in [-0.3, -0.25) is 19.3 Å². The molecule has 2 aliphatic carbocycles. The predicted molar refractivity (Wildman–Crippen MR) is 145 cm³/mol. The smallest absolute Gasteiger partial charge is 0.381 e. The minimum Gasteiger partial charge on any atom is -0.381 e. The van der Waals surface area contributed by atoms with Crippen molar-refractivity contribution >= 4 is 23.5 Å². The van der Waals surface area contributed by atoms with E-state index in [-0.39, 0.29) is 35.2 Å². The first-order valence-corrected chi connectivity index (χ1v) is 14.8. The lowest BCUT2D eigenvalue weighted by Crippen LogP contribution is -2.55. The lowest BCUT2D eigenvalue weighted by atomic mass is 9.82. The Morgan fingerprint density at radius 1 is 1.12 bits per heavy atom. The van der Waals surface area contributed by atoms with Crippen LogP contribution in [0.1, 0.15) is 82.5 Å². The largest absolute Gasteiger partial charge is 0.416 e. The van der Waals surface area contributed by atoms with Crippen molar-refractivity contribution in [3.63, 3.8) is 0 Å². The van der Waals surface area contributed by atoms with Crippen molar-refractivity contribution in [2.24, 2.45) is 11.8 Å². The zero-order valence-electron chi connectivity index (χ0n) is 23.5. The molecule has 3 amide bonds. The first-order chi connectivity index (χ1) is 20.6. The molecule has 7 rings (SSSR count). The molecule has 1 aromatic carbocycles. The summed E-state index contributed by atoms with van der Waals surface area (Å²) in [6, 6.07) is 4.55. The lowest BCUT2D eigenvalue weighted by molar-refractivity contribution is -0.137. The van der Waals surface area contributed by atoms with Crippen LogP contribution in [0.3, 0.4) is 0 Å². The van der Waals surface area contributed by atoms with Crippen molar-refractivity contribution in [2.45, 2.75) is 74.8 Å². The minimum atomic E-state index is -4.63. The number of rotatable bonds is 5. The molecule has 4 fully saturated rings. The second kappa shape index (κ2) is 10.1. The summed E-state index contributed by atoms with van der Waals surface area (Å²) >= 11 is 0. The number of hydrogen-bond donors (Lipinski definition) is 1. The number of carbonyl (C=O) groups excluding carboxylic acids is 3. The quantitative estimate of drug-likeness (QED) is 0.563. The van der Waals surface area contributed by atoms with Gasteiger partial charge in [-0.2, -0.15) is 23.5 Å². The number of fused-ring (bicyclic) bond motifs is 2. The molecule has 2 saturated carbocycles. The number of likely N-dealkylation sites (tertiary alicyclic amines) is 1. The van der Waals surface area contributed by atoms with Gasteiger partial charge in [0.2, 0.25) is 0 Å². The summed E-state index contributed by atoms with van der Waals surface area (Å²) in [5.41, 5.74) is -0.427. The summed E-state index contributed by atoms with van der Waals surface area (Å²) in [5, 5.41) is 17.4. The average molecular weight is 597 g/mol. The van der Waals surface area contributed by atoms with Crippen LogP contribution < -0.4 is 10.2 Å². The van der Waals surface area contributed by atoms with Gasteiger partial charge in [0.15, 0.2) is 5.69 Å². The fourth-order valence-electron chi connectivity index (χ4n) is 7.22. The van der Waals surface area contributed by atoms with Crippen molar-refractivity contribution in [2.75, 3.05) is 25.2 Å². The number of nitrogens with zero attached hydrogens (tertiary/aromatic N) is 5. The van der Waals surface area contributed by atoms with Gasteiger partial charge in [-0.15, -0.1) is 0 Å². The third kappa shape index (κ3) is 4.67. The third-order valence-electron chi connectivity index (χ3n) is 9.62. The number of likely N-dealkylation sites (N-methyl/N-ethyl adjacent to an activating group) is 1. The Morgan fingerprint density at radius 2 is 1.86 bits per heavy atom. The second-order valence-corrected chi connectivity index (χ2v) is 12.3. The Hall–Kier alpha value is -3.92. The topological polar surface area (TPSA) is 121 Å². The summed E-state index contributed by atoms with van der Waals surface area (Å²) in [6.07, 6.45) is -0.354. The van der Waals surface area contributed by atoms with E-state index in [2.05, 4.69) is 11.4 Å². The molecule has 3 aliphatic heterocycles. The number of aromatic nitrogens is 2. The molecule has 43 heavy (non-hydrogen) atoms. The highest BCUT2D eigenvalue weighted by Crippen LogP contribution is 2.53. The van der Waals surface area contributed by atoms with Crippen LogP contribution in [0.4, 0.5) is 19.0 Å². The first-order valence-electron chi connectivity index (χ1n) is 14.8. The number of ether oxygens (including phenoxy) is 1. The number of amides is 3. The molecule has 13 heteroatoms. The van der Waals surface area contributed by atoms with E-state index in [1.54, 1.807) is 16.6 Å². The third-order valence-corrected chi connectivity index (χ3v) is 9.62. The van der Waals surface area contributed by atoms with Crippen LogP contribution in [0.5, 0.6) is 0 Å². The van der Waals surface area contributed by atoms with Crippen molar-refractivity contribution in [3.05, 3.63) is 46.6 Å². The lowest BCUT2D eigenvalue weighted by Gasteiger charge is -2.38. The summed E-state index contributed by atoms with van der Waals surface area (Å²) < 4.78 is 47.4. The van der Waals surface area contributed by atoms with Gasteiger partial charge in [0.25, 0.3) is 17.7 Å². The van der Waals surface area contributed by atoms with Crippen molar-refractivity contribution < 1.29 is 32.3 Å². The van der Waals surface area contributed by atoms with Gasteiger partial charge in [-0.05, 0) is 68.6 Å². The van der Waals surface area contributed by atoms with Crippen LogP contribution in [0.25, 0.3) is 0 Å². The molecule has 2 saturated heterocycles. The number of piperidine rings is 1. The molecule has 10 nitrogen and oxygen atoms in total. The van der Waals surface area contributed by atoms with E-state index in [9.17, 15) is 32.8 Å². The Bertz CT molecular complexity index is 1540. The number of nitriles is 1. The summed E-state index contributed by atoms with van der Waals surface area (Å²) in [6.45, 7) is 1.02. The first kappa shape index (κ1) is 27.9. The van der Waals surface area contributed by atoms with Gasteiger partial charge < -0.3 is 15.0 Å². The molecular formula is C30H31F3N6O4. The van der Waals surface area contributed by atoms with Gasteiger partial charge in [0, 0.05) is 43.3 Å². The Balaban J connectivity index is 1.31. The van der Waals surface area contributed by atoms with Crippen molar-refractivity contribution in [1.82, 2.24) is 20.0 Å². The number of carbonyl (C=O) groups is 3. The SMILES string of the molecule is CN1C(=O)C(NC(=O)c2cccc(C(F)(F)F)c2)C(C2CC2)c2c(C(=O)N3C(C#N)CC4CC43)nn(C3CCOCC3)c21. The van der Waals surface area contributed by atoms with Crippen molar-refractivity contribution in [3.8, 4) is 6.07 Å². The molecule has 1 aromatic heterocycles. The molecule has 0 spiro atoms. The Morgan fingerprint density at radius 3 is 2.53 bits per heavy atom. The van der Waals surface area contributed by atoms with E-state index >= 15 is 0 Å².